The SMILES string of the molecule is c1ccc(-c2ccc3sc4c(-c5ccc(-c6cccc(-c7ccc(-c8cnc9c%10ccccc%10c%10ccccc%10c9n8)cc7)c6)cc5)cc(-c5ccccc5)cc4c3c2)cc1. The number of fused-ring (bicyclic) bond motifs is 9. The van der Waals surface area contributed by atoms with Gasteiger partial charge in [-0.1, -0.05) is 182 Å². The standard InChI is InChI=1S/C58H36N2S/c1-3-12-37(13-4-1)45-30-31-55-52(33-45)53-35-46(38-14-5-2-6-15-38)34-51(58(53)61-55)41-26-22-39(23-27-41)43-16-11-17-44(32-43)40-24-28-42(29-25-40)54-36-59-56-49-20-9-7-18-47(49)48-19-8-10-21-50(48)57(56)60-54/h1-36H. The summed E-state index contributed by atoms with van der Waals surface area (Å²) in [4.78, 5) is 10.2. The fourth-order valence-electron chi connectivity index (χ4n) is 9.02. The zero-order chi connectivity index (χ0) is 40.3. The summed E-state index contributed by atoms with van der Waals surface area (Å²) in [6, 6.07) is 76.8. The van der Waals surface area contributed by atoms with Crippen molar-refractivity contribution in [1.29, 1.82) is 0 Å². The van der Waals surface area contributed by atoms with Gasteiger partial charge in [-0.15, -0.1) is 11.3 Å². The molecule has 12 aromatic rings. The Morgan fingerprint density at radius 2 is 0.770 bits per heavy atom. The van der Waals surface area contributed by atoms with Crippen LogP contribution in [0.2, 0.25) is 0 Å². The lowest BCUT2D eigenvalue weighted by atomic mass is 9.93. The van der Waals surface area contributed by atoms with E-state index in [2.05, 4.69) is 212 Å². The molecule has 12 rings (SSSR count). The molecule has 0 aliphatic rings. The molecular weight excluding hydrogens is 757 g/mol. The quantitative estimate of drug-likeness (QED) is 0.157. The monoisotopic (exact) mass is 792 g/mol. The second-order valence-corrected chi connectivity index (χ2v) is 16.8. The molecule has 61 heavy (non-hydrogen) atoms. The van der Waals surface area contributed by atoms with E-state index >= 15 is 0 Å². The third kappa shape index (κ3) is 6.18. The van der Waals surface area contributed by atoms with Crippen molar-refractivity contribution in [2.45, 2.75) is 0 Å². The third-order valence-corrected chi connectivity index (χ3v) is 13.3. The van der Waals surface area contributed by atoms with E-state index in [0.29, 0.717) is 0 Å². The van der Waals surface area contributed by atoms with Crippen molar-refractivity contribution >= 4 is 64.1 Å². The Balaban J connectivity index is 0.876. The van der Waals surface area contributed by atoms with E-state index in [1.54, 1.807) is 0 Å². The van der Waals surface area contributed by atoms with E-state index in [-0.39, 0.29) is 0 Å². The summed E-state index contributed by atoms with van der Waals surface area (Å²) in [5.74, 6) is 0. The molecule has 0 unspecified atom stereocenters. The maximum absolute atomic E-state index is 5.21. The van der Waals surface area contributed by atoms with Crippen LogP contribution in [0.3, 0.4) is 0 Å². The summed E-state index contributed by atoms with van der Waals surface area (Å²) in [5, 5.41) is 7.25. The Bertz CT molecular complexity index is 3570. The highest BCUT2D eigenvalue weighted by Crippen LogP contribution is 2.44. The van der Waals surface area contributed by atoms with Crippen molar-refractivity contribution in [3.63, 3.8) is 0 Å². The van der Waals surface area contributed by atoms with Crippen molar-refractivity contribution in [3.8, 4) is 66.9 Å². The first kappa shape index (κ1) is 35.2. The van der Waals surface area contributed by atoms with Crippen LogP contribution in [0, 0.1) is 0 Å². The number of benzene rings is 10. The van der Waals surface area contributed by atoms with Crippen LogP contribution in [0.25, 0.3) is 120 Å². The first-order chi connectivity index (χ1) is 30.2. The lowest BCUT2D eigenvalue weighted by Crippen LogP contribution is -1.92. The number of rotatable bonds is 6. The Kier molecular flexibility index (Phi) is 8.39. The maximum atomic E-state index is 5.21. The lowest BCUT2D eigenvalue weighted by molar-refractivity contribution is 1.31. The molecule has 0 atom stereocenters. The molecule has 0 N–H and O–H groups in total. The Hall–Kier alpha value is -7.72. The van der Waals surface area contributed by atoms with Crippen LogP contribution in [0.1, 0.15) is 0 Å². The van der Waals surface area contributed by atoms with Gasteiger partial charge < -0.3 is 0 Å². The van der Waals surface area contributed by atoms with Gasteiger partial charge in [-0.25, -0.2) is 4.98 Å². The minimum Gasteiger partial charge on any atom is -0.252 e. The summed E-state index contributed by atoms with van der Waals surface area (Å²) >= 11 is 1.88. The smallest absolute Gasteiger partial charge is 0.0979 e. The van der Waals surface area contributed by atoms with E-state index in [4.69, 9.17) is 9.97 Å². The molecule has 0 spiro atoms. The van der Waals surface area contributed by atoms with Gasteiger partial charge >= 0.3 is 0 Å². The highest BCUT2D eigenvalue weighted by molar-refractivity contribution is 7.26. The van der Waals surface area contributed by atoms with Gasteiger partial charge in [0.05, 0.1) is 22.9 Å². The molecule has 0 bridgehead atoms. The number of hydrogen-bond donors (Lipinski definition) is 0. The Morgan fingerprint density at radius 1 is 0.295 bits per heavy atom. The first-order valence-corrected chi connectivity index (χ1v) is 21.5. The van der Waals surface area contributed by atoms with E-state index in [1.165, 1.54) is 81.0 Å². The highest BCUT2D eigenvalue weighted by atomic mass is 32.1. The number of thiophene rings is 1. The molecule has 0 saturated carbocycles. The molecule has 0 amide bonds. The van der Waals surface area contributed by atoms with Gasteiger partial charge in [-0.2, -0.15) is 0 Å². The highest BCUT2D eigenvalue weighted by Gasteiger charge is 2.16. The molecule has 10 aromatic carbocycles. The van der Waals surface area contributed by atoms with Crippen molar-refractivity contribution in [2.75, 3.05) is 0 Å². The maximum Gasteiger partial charge on any atom is 0.0979 e. The normalized spacial score (nSPS) is 11.6. The minimum absolute atomic E-state index is 0.868. The van der Waals surface area contributed by atoms with Gasteiger partial charge in [-0.3, -0.25) is 4.98 Å². The summed E-state index contributed by atoms with van der Waals surface area (Å²) in [7, 11) is 0. The van der Waals surface area contributed by atoms with Crippen LogP contribution in [0.5, 0.6) is 0 Å². The van der Waals surface area contributed by atoms with Crippen molar-refractivity contribution in [1.82, 2.24) is 9.97 Å². The van der Waals surface area contributed by atoms with Crippen LogP contribution >= 0.6 is 11.3 Å². The largest absolute Gasteiger partial charge is 0.252 e. The molecule has 3 heteroatoms. The lowest BCUT2D eigenvalue weighted by Gasteiger charge is -2.11. The van der Waals surface area contributed by atoms with Crippen LogP contribution in [-0.4, -0.2) is 9.97 Å². The molecule has 0 saturated heterocycles. The van der Waals surface area contributed by atoms with E-state index in [9.17, 15) is 0 Å². The molecule has 2 nitrogen and oxygen atoms in total. The van der Waals surface area contributed by atoms with Gasteiger partial charge in [-0.05, 0) is 91.2 Å². The molecule has 2 heterocycles. The second-order valence-electron chi connectivity index (χ2n) is 15.7. The number of nitrogens with zero attached hydrogens (tertiary/aromatic N) is 2. The minimum atomic E-state index is 0.868. The molecule has 2 aromatic heterocycles. The third-order valence-electron chi connectivity index (χ3n) is 12.1. The van der Waals surface area contributed by atoms with Crippen LogP contribution < -0.4 is 0 Å². The Morgan fingerprint density at radius 3 is 1.43 bits per heavy atom. The van der Waals surface area contributed by atoms with Gasteiger partial charge in [0.25, 0.3) is 0 Å². The Labute approximate surface area is 357 Å². The average Bonchev–Trinajstić information content (AvgIpc) is 3.72. The zero-order valence-corrected chi connectivity index (χ0v) is 33.9. The molecule has 0 radical (unpaired) electrons. The van der Waals surface area contributed by atoms with Crippen molar-refractivity contribution < 1.29 is 0 Å². The summed E-state index contributed by atoms with van der Waals surface area (Å²) < 4.78 is 2.62. The van der Waals surface area contributed by atoms with E-state index < -0.39 is 0 Å². The molecule has 0 aliphatic carbocycles. The van der Waals surface area contributed by atoms with Crippen molar-refractivity contribution in [3.05, 3.63) is 219 Å². The summed E-state index contributed by atoms with van der Waals surface area (Å²) in [6.07, 6.45) is 1.91. The molecule has 284 valence electrons. The van der Waals surface area contributed by atoms with Gasteiger partial charge in [0.15, 0.2) is 0 Å². The second kappa shape index (κ2) is 14.5. The topological polar surface area (TPSA) is 25.8 Å². The predicted molar refractivity (Wildman–Crippen MR) is 260 cm³/mol. The average molecular weight is 793 g/mol. The van der Waals surface area contributed by atoms with Crippen LogP contribution in [0.15, 0.2) is 219 Å². The van der Waals surface area contributed by atoms with Gasteiger partial charge in [0.1, 0.15) is 0 Å². The summed E-state index contributed by atoms with van der Waals surface area (Å²) in [5.41, 5.74) is 15.9. The first-order valence-electron chi connectivity index (χ1n) is 20.7. The number of aromatic nitrogens is 2. The van der Waals surface area contributed by atoms with E-state index in [0.717, 1.165) is 38.6 Å². The fraction of sp³-hybridized carbons (Fsp3) is 0. The molecular formula is C58H36N2S. The van der Waals surface area contributed by atoms with Gasteiger partial charge in [0, 0.05) is 42.1 Å². The fourth-order valence-corrected chi connectivity index (χ4v) is 10.2. The van der Waals surface area contributed by atoms with Crippen LogP contribution in [-0.2, 0) is 0 Å². The molecule has 0 fully saturated rings. The number of hydrogen-bond acceptors (Lipinski definition) is 3. The van der Waals surface area contributed by atoms with Gasteiger partial charge in [0.2, 0.25) is 0 Å². The predicted octanol–water partition coefficient (Wildman–Crippen LogP) is 16.3. The van der Waals surface area contributed by atoms with E-state index in [1.807, 2.05) is 17.5 Å². The van der Waals surface area contributed by atoms with Crippen molar-refractivity contribution in [2.24, 2.45) is 0 Å². The zero-order valence-electron chi connectivity index (χ0n) is 33.1. The summed E-state index contributed by atoms with van der Waals surface area (Å²) in [6.45, 7) is 0. The molecule has 0 aliphatic heterocycles. The van der Waals surface area contributed by atoms with Crippen LogP contribution in [0.4, 0.5) is 0 Å².